The zero-order chi connectivity index (χ0) is 21.3. The predicted octanol–water partition coefficient (Wildman–Crippen LogP) is 2.30. The lowest BCUT2D eigenvalue weighted by Crippen LogP contribution is -2.31. The minimum atomic E-state index is -0.981. The Kier molecular flexibility index (Phi) is 5.90. The topological polar surface area (TPSA) is 112 Å². The van der Waals surface area contributed by atoms with E-state index < -0.39 is 18.1 Å². The first-order valence-electron chi connectivity index (χ1n) is 9.74. The van der Waals surface area contributed by atoms with Gasteiger partial charge in [0, 0.05) is 35.6 Å². The molecule has 0 unspecified atom stereocenters. The maximum atomic E-state index is 11.9. The number of aliphatic hydroxyl groups is 1. The molecule has 1 aliphatic rings. The van der Waals surface area contributed by atoms with E-state index in [1.165, 1.54) is 6.33 Å². The van der Waals surface area contributed by atoms with Crippen LogP contribution in [0, 0.1) is 12.8 Å². The molecule has 30 heavy (non-hydrogen) atoms. The van der Waals surface area contributed by atoms with Gasteiger partial charge in [0.05, 0.1) is 17.7 Å². The van der Waals surface area contributed by atoms with Crippen molar-refractivity contribution < 1.29 is 19.4 Å². The minimum absolute atomic E-state index is 0.296. The first-order valence-corrected chi connectivity index (χ1v) is 10.1. The van der Waals surface area contributed by atoms with Crippen LogP contribution in [-0.4, -0.2) is 51.3 Å². The minimum Gasteiger partial charge on any atom is -0.488 e. The maximum Gasteiger partial charge on any atom is 0.162 e. The summed E-state index contributed by atoms with van der Waals surface area (Å²) in [5.41, 5.74) is 7.11. The van der Waals surface area contributed by atoms with E-state index >= 15 is 0 Å². The van der Waals surface area contributed by atoms with E-state index in [2.05, 4.69) is 9.97 Å². The summed E-state index contributed by atoms with van der Waals surface area (Å²) in [4.78, 5) is 20.4. The van der Waals surface area contributed by atoms with Gasteiger partial charge in [-0.3, -0.25) is 0 Å². The number of carbonyl (C=O) groups excluding carboxylic acids is 1. The van der Waals surface area contributed by atoms with Crippen LogP contribution in [0.15, 0.2) is 36.8 Å². The van der Waals surface area contributed by atoms with E-state index in [1.807, 2.05) is 23.8 Å². The van der Waals surface area contributed by atoms with Crippen LogP contribution < -0.4 is 15.2 Å². The van der Waals surface area contributed by atoms with Gasteiger partial charge in [0.15, 0.2) is 11.5 Å². The smallest absolute Gasteiger partial charge is 0.162 e. The van der Waals surface area contributed by atoms with Crippen molar-refractivity contribution in [2.45, 2.75) is 31.6 Å². The molecule has 2 aromatic heterocycles. The molecular formula is C21H23ClN4O4. The number of carbonyl (C=O) groups is 1. The van der Waals surface area contributed by atoms with Crippen LogP contribution in [-0.2, 0) is 4.79 Å². The van der Waals surface area contributed by atoms with E-state index in [0.717, 1.165) is 23.0 Å². The Morgan fingerprint density at radius 3 is 2.93 bits per heavy atom. The van der Waals surface area contributed by atoms with Gasteiger partial charge in [-0.15, -0.1) is 0 Å². The van der Waals surface area contributed by atoms with Crippen LogP contribution in [0.5, 0.6) is 11.5 Å². The summed E-state index contributed by atoms with van der Waals surface area (Å²) in [5, 5.41) is 12.3. The summed E-state index contributed by atoms with van der Waals surface area (Å²) in [6, 6.07) is 6.63. The molecule has 0 spiro atoms. The molecular weight excluding hydrogens is 408 g/mol. The fourth-order valence-electron chi connectivity index (χ4n) is 3.99. The van der Waals surface area contributed by atoms with Gasteiger partial charge in [-0.25, -0.2) is 9.97 Å². The van der Waals surface area contributed by atoms with Crippen molar-refractivity contribution in [3.05, 3.63) is 47.5 Å². The second kappa shape index (κ2) is 8.59. The van der Waals surface area contributed by atoms with Gasteiger partial charge >= 0.3 is 0 Å². The summed E-state index contributed by atoms with van der Waals surface area (Å²) in [5.74, 6) is 0.250. The third-order valence-electron chi connectivity index (χ3n) is 5.48. The molecule has 0 amide bonds. The second-order valence-corrected chi connectivity index (χ2v) is 7.75. The average Bonchev–Trinajstić information content (AvgIpc) is 3.30. The number of aldehydes is 1. The zero-order valence-corrected chi connectivity index (χ0v) is 17.2. The van der Waals surface area contributed by atoms with E-state index in [-0.39, 0.29) is 6.04 Å². The number of nitrogens with zero attached hydrogens (tertiary/aromatic N) is 3. The van der Waals surface area contributed by atoms with E-state index in [1.54, 1.807) is 18.2 Å². The number of nitrogens with two attached hydrogens (primary N) is 1. The number of hydrogen-bond donors (Lipinski definition) is 2. The van der Waals surface area contributed by atoms with Crippen LogP contribution in [0.4, 0.5) is 0 Å². The highest BCUT2D eigenvalue weighted by Crippen LogP contribution is 2.41. The number of fused-ring (bicyclic) bond motifs is 1. The molecule has 3 aromatic rings. The predicted molar refractivity (Wildman–Crippen MR) is 112 cm³/mol. The molecule has 0 aliphatic heterocycles. The van der Waals surface area contributed by atoms with Crippen LogP contribution in [0.1, 0.15) is 18.2 Å². The first kappa shape index (κ1) is 20.6. The van der Waals surface area contributed by atoms with Gasteiger partial charge in [0.25, 0.3) is 0 Å². The molecule has 1 aromatic carbocycles. The number of aryl methyl sites for hydroxylation is 1. The molecule has 0 radical (unpaired) electrons. The number of aromatic nitrogens is 3. The number of rotatable bonds is 7. The Labute approximate surface area is 178 Å². The van der Waals surface area contributed by atoms with Crippen LogP contribution in [0.25, 0.3) is 11.0 Å². The number of halogens is 1. The Morgan fingerprint density at radius 2 is 2.17 bits per heavy atom. The molecule has 1 aliphatic carbocycles. The standard InChI is InChI=1S/C21H23ClN4O4/c1-12-14-4-6-26(21(14)25-11-24-12)16-9-19(20(28)15(16)10-27)30-17-3-2-13(22)8-18(17)29-7-5-23/h2-4,6,8,10-11,15-16,19-20,28H,5,7,9,23H2,1H3/t15-,16+,19-,20-/m0/s1. The largest absolute Gasteiger partial charge is 0.488 e. The molecule has 4 atom stereocenters. The van der Waals surface area contributed by atoms with Crippen molar-refractivity contribution in [3.63, 3.8) is 0 Å². The van der Waals surface area contributed by atoms with Gasteiger partial charge in [0.1, 0.15) is 37.1 Å². The Hall–Kier alpha value is -2.68. The summed E-state index contributed by atoms with van der Waals surface area (Å²) >= 11 is 6.07. The quantitative estimate of drug-likeness (QED) is 0.553. The molecule has 158 valence electrons. The van der Waals surface area contributed by atoms with Crippen molar-refractivity contribution in [1.29, 1.82) is 0 Å². The van der Waals surface area contributed by atoms with Crippen LogP contribution >= 0.6 is 11.6 Å². The lowest BCUT2D eigenvalue weighted by molar-refractivity contribution is -0.115. The van der Waals surface area contributed by atoms with Crippen molar-refractivity contribution >= 4 is 28.9 Å². The fraction of sp³-hybridized carbons (Fsp3) is 0.381. The van der Waals surface area contributed by atoms with Crippen LogP contribution in [0.3, 0.4) is 0 Å². The molecule has 8 nitrogen and oxygen atoms in total. The SMILES string of the molecule is Cc1ncnc2c1ccn2[C@@H]1C[C@H](Oc2ccc(Cl)cc2OCCN)[C@@H](O)[C@H]1C=O. The third-order valence-corrected chi connectivity index (χ3v) is 5.71. The Bertz CT molecular complexity index is 1060. The summed E-state index contributed by atoms with van der Waals surface area (Å²) < 4.78 is 13.6. The third kappa shape index (κ3) is 3.74. The number of aliphatic hydroxyl groups excluding tert-OH is 1. The molecule has 3 N–H and O–H groups in total. The number of benzene rings is 1. The molecule has 1 saturated carbocycles. The summed E-state index contributed by atoms with van der Waals surface area (Å²) in [7, 11) is 0. The van der Waals surface area contributed by atoms with E-state index in [0.29, 0.717) is 36.1 Å². The molecule has 0 bridgehead atoms. The zero-order valence-electron chi connectivity index (χ0n) is 16.4. The monoisotopic (exact) mass is 430 g/mol. The number of hydrogen-bond acceptors (Lipinski definition) is 7. The van der Waals surface area contributed by atoms with Crippen molar-refractivity contribution in [1.82, 2.24) is 14.5 Å². The highest BCUT2D eigenvalue weighted by Gasteiger charge is 2.45. The van der Waals surface area contributed by atoms with Crippen molar-refractivity contribution in [3.8, 4) is 11.5 Å². The molecule has 9 heteroatoms. The van der Waals surface area contributed by atoms with Crippen molar-refractivity contribution in [2.24, 2.45) is 11.7 Å². The lowest BCUT2D eigenvalue weighted by atomic mass is 10.0. The van der Waals surface area contributed by atoms with Crippen molar-refractivity contribution in [2.75, 3.05) is 13.2 Å². The Balaban J connectivity index is 1.62. The molecule has 4 rings (SSSR count). The number of ether oxygens (including phenoxy) is 2. The lowest BCUT2D eigenvalue weighted by Gasteiger charge is -2.20. The van der Waals surface area contributed by atoms with E-state index in [9.17, 15) is 9.90 Å². The van der Waals surface area contributed by atoms with Gasteiger partial charge in [-0.1, -0.05) is 11.6 Å². The van der Waals surface area contributed by atoms with Gasteiger partial charge in [-0.05, 0) is 25.1 Å². The molecule has 1 fully saturated rings. The second-order valence-electron chi connectivity index (χ2n) is 7.31. The van der Waals surface area contributed by atoms with Gasteiger partial charge in [0.2, 0.25) is 0 Å². The first-order chi connectivity index (χ1) is 14.5. The normalized spacial score (nSPS) is 23.6. The van der Waals surface area contributed by atoms with Gasteiger partial charge in [-0.2, -0.15) is 0 Å². The molecule has 2 heterocycles. The maximum absolute atomic E-state index is 11.9. The summed E-state index contributed by atoms with van der Waals surface area (Å²) in [6.07, 6.45) is 3.00. The molecule has 0 saturated heterocycles. The van der Waals surface area contributed by atoms with Gasteiger partial charge < -0.3 is 29.7 Å². The fourth-order valence-corrected chi connectivity index (χ4v) is 4.15. The summed E-state index contributed by atoms with van der Waals surface area (Å²) in [6.45, 7) is 2.55. The van der Waals surface area contributed by atoms with E-state index in [4.69, 9.17) is 26.8 Å². The highest BCUT2D eigenvalue weighted by atomic mass is 35.5. The van der Waals surface area contributed by atoms with Crippen LogP contribution in [0.2, 0.25) is 5.02 Å². The average molecular weight is 431 g/mol. The highest BCUT2D eigenvalue weighted by molar-refractivity contribution is 6.30. The Morgan fingerprint density at radius 1 is 1.33 bits per heavy atom.